The molecule has 7 heteroatoms. The van der Waals surface area contributed by atoms with Gasteiger partial charge in [-0.25, -0.2) is 13.1 Å². The number of nitrogens with zero attached hydrogens (tertiary/aromatic N) is 1. The number of sulfonamides is 1. The highest BCUT2D eigenvalue weighted by atomic mass is 32.2. The Labute approximate surface area is 125 Å². The zero-order valence-electron chi connectivity index (χ0n) is 11.9. The number of nitrogens with one attached hydrogen (secondary N) is 1. The van der Waals surface area contributed by atoms with Gasteiger partial charge in [-0.1, -0.05) is 12.1 Å². The molecule has 2 aliphatic rings. The summed E-state index contributed by atoms with van der Waals surface area (Å²) in [6.07, 6.45) is 1.80. The lowest BCUT2D eigenvalue weighted by Crippen LogP contribution is -2.46. The zero-order valence-corrected chi connectivity index (χ0v) is 12.7. The predicted octanol–water partition coefficient (Wildman–Crippen LogP) is 0.291. The van der Waals surface area contributed by atoms with Gasteiger partial charge in [-0.3, -0.25) is 0 Å². The van der Waals surface area contributed by atoms with Crippen LogP contribution in [0.5, 0.6) is 0 Å². The number of nitrogens with two attached hydrogens (primary N) is 1. The van der Waals surface area contributed by atoms with Crippen LogP contribution in [0.25, 0.3) is 0 Å². The molecule has 1 atom stereocenters. The Bertz CT molecular complexity index is 601. The summed E-state index contributed by atoms with van der Waals surface area (Å²) < 4.78 is 33.3. The van der Waals surface area contributed by atoms with Crippen LogP contribution in [0.4, 0.5) is 5.69 Å². The molecule has 1 aromatic carbocycles. The summed E-state index contributed by atoms with van der Waals surface area (Å²) in [5.41, 5.74) is 6.39. The number of ether oxygens (including phenoxy) is 1. The second-order valence-corrected chi connectivity index (χ2v) is 7.22. The van der Waals surface area contributed by atoms with Gasteiger partial charge in [-0.15, -0.1) is 0 Å². The van der Waals surface area contributed by atoms with Crippen molar-refractivity contribution < 1.29 is 13.2 Å². The van der Waals surface area contributed by atoms with Gasteiger partial charge in [-0.2, -0.15) is 0 Å². The van der Waals surface area contributed by atoms with Crippen molar-refractivity contribution in [3.05, 3.63) is 24.3 Å². The average molecular weight is 311 g/mol. The Morgan fingerprint density at radius 3 is 2.81 bits per heavy atom. The number of hydrogen-bond donors (Lipinski definition) is 2. The lowest BCUT2D eigenvalue weighted by atomic mass is 10.2. The molecule has 1 aliphatic carbocycles. The van der Waals surface area contributed by atoms with E-state index in [1.165, 1.54) is 0 Å². The van der Waals surface area contributed by atoms with Crippen molar-refractivity contribution in [3.63, 3.8) is 0 Å². The number of rotatable bonds is 5. The van der Waals surface area contributed by atoms with Gasteiger partial charge in [0.2, 0.25) is 10.0 Å². The minimum Gasteiger partial charge on any atom is -0.373 e. The second-order valence-electron chi connectivity index (χ2n) is 5.54. The molecule has 0 radical (unpaired) electrons. The first-order chi connectivity index (χ1) is 10.1. The van der Waals surface area contributed by atoms with Gasteiger partial charge in [0.15, 0.2) is 0 Å². The summed E-state index contributed by atoms with van der Waals surface area (Å²) in [5, 5.41) is 0. The molecule has 0 aromatic heterocycles. The maximum Gasteiger partial charge on any atom is 0.242 e. The molecular weight excluding hydrogens is 290 g/mol. The van der Waals surface area contributed by atoms with Crippen molar-refractivity contribution in [1.29, 1.82) is 0 Å². The highest BCUT2D eigenvalue weighted by Crippen LogP contribution is 2.29. The van der Waals surface area contributed by atoms with Gasteiger partial charge in [0.25, 0.3) is 0 Å². The number of para-hydroxylation sites is 1. The van der Waals surface area contributed by atoms with Crippen LogP contribution in [0, 0.1) is 0 Å². The largest absolute Gasteiger partial charge is 0.373 e. The van der Waals surface area contributed by atoms with Gasteiger partial charge >= 0.3 is 0 Å². The van der Waals surface area contributed by atoms with E-state index in [4.69, 9.17) is 10.5 Å². The Kier molecular flexibility index (Phi) is 4.17. The molecule has 3 rings (SSSR count). The van der Waals surface area contributed by atoms with Crippen molar-refractivity contribution in [2.45, 2.75) is 29.9 Å². The monoisotopic (exact) mass is 311 g/mol. The fraction of sp³-hybridized carbons (Fsp3) is 0.571. The number of benzene rings is 1. The minimum atomic E-state index is -3.46. The Hall–Kier alpha value is -1.15. The molecule has 6 nitrogen and oxygen atoms in total. The van der Waals surface area contributed by atoms with Crippen LogP contribution in [-0.4, -0.2) is 46.8 Å². The first-order valence-corrected chi connectivity index (χ1v) is 8.76. The third-order valence-corrected chi connectivity index (χ3v) is 5.36. The standard InChI is InChI=1S/C14H21N3O3S/c15-9-12-10-17(7-8-20-12)13-3-1-2-4-14(13)21(18,19)16-11-5-6-11/h1-4,11-12,16H,5-10,15H2. The first kappa shape index (κ1) is 14.8. The highest BCUT2D eigenvalue weighted by molar-refractivity contribution is 7.89. The molecule has 1 saturated carbocycles. The second kappa shape index (κ2) is 5.92. The molecule has 1 saturated heterocycles. The smallest absolute Gasteiger partial charge is 0.242 e. The topological polar surface area (TPSA) is 84.7 Å². The highest BCUT2D eigenvalue weighted by Gasteiger charge is 2.31. The summed E-state index contributed by atoms with van der Waals surface area (Å²) in [4.78, 5) is 2.39. The molecule has 1 heterocycles. The Morgan fingerprint density at radius 1 is 1.33 bits per heavy atom. The molecule has 0 bridgehead atoms. The Balaban J connectivity index is 1.88. The maximum atomic E-state index is 12.5. The average Bonchev–Trinajstić information content (AvgIpc) is 3.30. The minimum absolute atomic E-state index is 0.0501. The van der Waals surface area contributed by atoms with Crippen LogP contribution in [0.1, 0.15) is 12.8 Å². The fourth-order valence-corrected chi connectivity index (χ4v) is 4.04. The molecule has 0 amide bonds. The molecule has 21 heavy (non-hydrogen) atoms. The number of morpholine rings is 1. The van der Waals surface area contributed by atoms with E-state index in [9.17, 15) is 8.42 Å². The quantitative estimate of drug-likeness (QED) is 0.816. The lowest BCUT2D eigenvalue weighted by Gasteiger charge is -2.35. The van der Waals surface area contributed by atoms with Crippen molar-refractivity contribution in [1.82, 2.24) is 4.72 Å². The van der Waals surface area contributed by atoms with Crippen LogP contribution in [0.15, 0.2) is 29.2 Å². The van der Waals surface area contributed by atoms with Crippen molar-refractivity contribution in [2.75, 3.05) is 31.1 Å². The van der Waals surface area contributed by atoms with E-state index in [0.717, 1.165) is 18.5 Å². The number of hydrogen-bond acceptors (Lipinski definition) is 5. The summed E-state index contributed by atoms with van der Waals surface area (Å²) in [5.74, 6) is 0. The van der Waals surface area contributed by atoms with E-state index in [-0.39, 0.29) is 12.1 Å². The third-order valence-electron chi connectivity index (χ3n) is 3.80. The zero-order chi connectivity index (χ0) is 14.9. The molecule has 2 fully saturated rings. The van der Waals surface area contributed by atoms with Gasteiger partial charge < -0.3 is 15.4 Å². The first-order valence-electron chi connectivity index (χ1n) is 7.28. The SMILES string of the molecule is NCC1CN(c2ccccc2S(=O)(=O)NC2CC2)CCO1. The van der Waals surface area contributed by atoms with E-state index in [2.05, 4.69) is 4.72 Å². The van der Waals surface area contributed by atoms with Crippen molar-refractivity contribution in [3.8, 4) is 0 Å². The van der Waals surface area contributed by atoms with Crippen LogP contribution in [0.3, 0.4) is 0 Å². The van der Waals surface area contributed by atoms with Gasteiger partial charge in [0.05, 0.1) is 18.4 Å². The van der Waals surface area contributed by atoms with Crippen LogP contribution in [0.2, 0.25) is 0 Å². The Morgan fingerprint density at radius 2 is 2.10 bits per heavy atom. The molecular formula is C14H21N3O3S. The van der Waals surface area contributed by atoms with Crippen molar-refractivity contribution >= 4 is 15.7 Å². The summed E-state index contributed by atoms with van der Waals surface area (Å²) in [6.45, 7) is 2.29. The maximum absolute atomic E-state index is 12.5. The summed E-state index contributed by atoms with van der Waals surface area (Å²) in [6, 6.07) is 7.22. The molecule has 0 spiro atoms. The van der Waals surface area contributed by atoms with Gasteiger partial charge in [0.1, 0.15) is 4.90 Å². The molecule has 1 aliphatic heterocycles. The molecule has 116 valence electrons. The molecule has 1 unspecified atom stereocenters. The number of anilines is 1. The van der Waals surface area contributed by atoms with E-state index < -0.39 is 10.0 Å². The van der Waals surface area contributed by atoms with E-state index in [1.54, 1.807) is 12.1 Å². The van der Waals surface area contributed by atoms with E-state index in [0.29, 0.717) is 31.1 Å². The fourth-order valence-electron chi connectivity index (χ4n) is 2.51. The molecule has 1 aromatic rings. The van der Waals surface area contributed by atoms with Crippen LogP contribution < -0.4 is 15.4 Å². The van der Waals surface area contributed by atoms with Crippen molar-refractivity contribution in [2.24, 2.45) is 5.73 Å². The van der Waals surface area contributed by atoms with Crippen LogP contribution in [-0.2, 0) is 14.8 Å². The summed E-state index contributed by atoms with van der Waals surface area (Å²) in [7, 11) is -3.46. The van der Waals surface area contributed by atoms with E-state index >= 15 is 0 Å². The lowest BCUT2D eigenvalue weighted by molar-refractivity contribution is 0.0464. The van der Waals surface area contributed by atoms with E-state index in [1.807, 2.05) is 17.0 Å². The molecule has 3 N–H and O–H groups in total. The van der Waals surface area contributed by atoms with Gasteiger partial charge in [0, 0.05) is 25.7 Å². The normalized spacial score (nSPS) is 23.3. The third kappa shape index (κ3) is 3.37. The predicted molar refractivity (Wildman–Crippen MR) is 80.8 cm³/mol. The van der Waals surface area contributed by atoms with Gasteiger partial charge in [-0.05, 0) is 25.0 Å². The van der Waals surface area contributed by atoms with Crippen LogP contribution >= 0.6 is 0 Å². The summed E-state index contributed by atoms with van der Waals surface area (Å²) >= 11 is 0.